The maximum atomic E-state index is 12.5. The Hall–Kier alpha value is -1.81. The highest BCUT2D eigenvalue weighted by atomic mass is 16.2. The van der Waals surface area contributed by atoms with Gasteiger partial charge < -0.3 is 10.2 Å². The van der Waals surface area contributed by atoms with Gasteiger partial charge in [-0.15, -0.1) is 0 Å². The molecule has 1 aromatic rings. The lowest BCUT2D eigenvalue weighted by Crippen LogP contribution is -2.56. The van der Waals surface area contributed by atoms with Crippen molar-refractivity contribution < 1.29 is 4.79 Å². The first kappa shape index (κ1) is 15.1. The molecule has 2 aliphatic rings. The van der Waals surface area contributed by atoms with E-state index in [-0.39, 0.29) is 11.4 Å². The topological polar surface area (TPSA) is 35.6 Å². The average molecular weight is 299 g/mol. The summed E-state index contributed by atoms with van der Waals surface area (Å²) in [6.07, 6.45) is 4.05. The fraction of sp³-hybridized carbons (Fsp3) is 0.500. The maximum absolute atomic E-state index is 12.5. The molecule has 3 rings (SSSR count). The van der Waals surface area contributed by atoms with Crippen LogP contribution in [0.3, 0.4) is 0 Å². The number of anilines is 1. The number of nitrogens with zero attached hydrogens (tertiary/aromatic N) is 2. The highest BCUT2D eigenvalue weighted by Crippen LogP contribution is 2.36. The normalized spacial score (nSPS) is 21.0. The number of amides is 1. The number of nitrogens with one attached hydrogen (secondary N) is 1. The Bertz CT molecular complexity index is 555. The molecule has 4 nitrogen and oxygen atoms in total. The van der Waals surface area contributed by atoms with E-state index >= 15 is 0 Å². The van der Waals surface area contributed by atoms with Crippen LogP contribution in [0.1, 0.15) is 26.7 Å². The fourth-order valence-electron chi connectivity index (χ4n) is 3.45. The first-order valence-corrected chi connectivity index (χ1v) is 8.08. The van der Waals surface area contributed by atoms with Gasteiger partial charge in [-0.05, 0) is 38.8 Å². The number of allylic oxidation sites excluding steroid dienone is 1. The van der Waals surface area contributed by atoms with Crippen LogP contribution in [-0.4, -0.2) is 42.6 Å². The minimum absolute atomic E-state index is 0.193. The van der Waals surface area contributed by atoms with Gasteiger partial charge in [0.25, 0.3) is 0 Å². The zero-order chi connectivity index (χ0) is 15.6. The van der Waals surface area contributed by atoms with Crippen molar-refractivity contribution >= 4 is 11.6 Å². The molecular weight excluding hydrogens is 274 g/mol. The van der Waals surface area contributed by atoms with Crippen LogP contribution in [0.15, 0.2) is 42.0 Å². The van der Waals surface area contributed by atoms with Crippen LogP contribution in [0.25, 0.3) is 0 Å². The Morgan fingerprint density at radius 2 is 1.91 bits per heavy atom. The summed E-state index contributed by atoms with van der Waals surface area (Å²) in [6, 6.07) is 10.3. The van der Waals surface area contributed by atoms with E-state index in [1.807, 2.05) is 18.2 Å². The van der Waals surface area contributed by atoms with Gasteiger partial charge in [-0.3, -0.25) is 9.69 Å². The molecule has 0 aliphatic carbocycles. The van der Waals surface area contributed by atoms with Crippen molar-refractivity contribution in [3.63, 3.8) is 0 Å². The summed E-state index contributed by atoms with van der Waals surface area (Å²) in [5.41, 5.74) is 2.13. The minimum atomic E-state index is -0.358. The van der Waals surface area contributed by atoms with Crippen molar-refractivity contribution in [2.24, 2.45) is 0 Å². The second-order valence-electron chi connectivity index (χ2n) is 6.54. The van der Waals surface area contributed by atoms with E-state index in [1.54, 1.807) is 0 Å². The number of carbonyl (C=O) groups is 1. The van der Waals surface area contributed by atoms with E-state index < -0.39 is 0 Å². The molecule has 118 valence electrons. The van der Waals surface area contributed by atoms with Crippen LogP contribution >= 0.6 is 0 Å². The molecule has 1 spiro atoms. The van der Waals surface area contributed by atoms with Crippen LogP contribution in [0, 0.1) is 0 Å². The van der Waals surface area contributed by atoms with Gasteiger partial charge in [-0.25, -0.2) is 0 Å². The SMILES string of the molecule is CC(C)=CCN1CCC2(CC1)C(=O)NCN2c1ccccc1. The third-order valence-corrected chi connectivity index (χ3v) is 4.85. The molecule has 0 radical (unpaired) electrons. The van der Waals surface area contributed by atoms with Crippen LogP contribution in [0.2, 0.25) is 0 Å². The molecule has 22 heavy (non-hydrogen) atoms. The number of hydrogen-bond acceptors (Lipinski definition) is 3. The van der Waals surface area contributed by atoms with E-state index in [4.69, 9.17) is 0 Å². The lowest BCUT2D eigenvalue weighted by Gasteiger charge is -2.43. The quantitative estimate of drug-likeness (QED) is 0.871. The van der Waals surface area contributed by atoms with Gasteiger partial charge >= 0.3 is 0 Å². The standard InChI is InChI=1S/C18H25N3O/c1-15(2)8-11-20-12-9-18(10-13-20)17(22)19-14-21(18)16-6-4-3-5-7-16/h3-8H,9-14H2,1-2H3,(H,19,22). The lowest BCUT2D eigenvalue weighted by molar-refractivity contribution is -0.125. The van der Waals surface area contributed by atoms with E-state index in [1.165, 1.54) is 5.57 Å². The molecule has 4 heteroatoms. The van der Waals surface area contributed by atoms with E-state index in [0.717, 1.165) is 38.2 Å². The van der Waals surface area contributed by atoms with Gasteiger partial charge in [-0.1, -0.05) is 29.8 Å². The Morgan fingerprint density at radius 3 is 2.55 bits per heavy atom. The van der Waals surface area contributed by atoms with Gasteiger partial charge in [-0.2, -0.15) is 0 Å². The van der Waals surface area contributed by atoms with Gasteiger partial charge in [0, 0.05) is 25.3 Å². The molecule has 0 aromatic heterocycles. The summed E-state index contributed by atoms with van der Waals surface area (Å²) in [7, 11) is 0. The van der Waals surface area contributed by atoms with Crippen LogP contribution in [-0.2, 0) is 4.79 Å². The lowest BCUT2D eigenvalue weighted by atomic mass is 9.85. The summed E-state index contributed by atoms with van der Waals surface area (Å²) < 4.78 is 0. The molecule has 2 aliphatic heterocycles. The predicted octanol–water partition coefficient (Wildman–Crippen LogP) is 2.38. The van der Waals surface area contributed by atoms with Crippen LogP contribution < -0.4 is 10.2 Å². The zero-order valence-corrected chi connectivity index (χ0v) is 13.5. The second-order valence-corrected chi connectivity index (χ2v) is 6.54. The minimum Gasteiger partial charge on any atom is -0.339 e. The number of benzene rings is 1. The van der Waals surface area contributed by atoms with Crippen LogP contribution in [0.4, 0.5) is 5.69 Å². The fourth-order valence-corrected chi connectivity index (χ4v) is 3.45. The van der Waals surface area contributed by atoms with Crippen molar-refractivity contribution in [3.05, 3.63) is 42.0 Å². The molecule has 1 aromatic carbocycles. The number of rotatable bonds is 3. The first-order valence-electron chi connectivity index (χ1n) is 8.08. The van der Waals surface area contributed by atoms with E-state index in [9.17, 15) is 4.79 Å². The third kappa shape index (κ3) is 2.75. The number of likely N-dealkylation sites (tertiary alicyclic amines) is 1. The second kappa shape index (κ2) is 6.13. The number of para-hydroxylation sites is 1. The summed E-state index contributed by atoms with van der Waals surface area (Å²) in [4.78, 5) is 17.2. The van der Waals surface area contributed by atoms with Crippen molar-refractivity contribution in [2.75, 3.05) is 31.2 Å². The Balaban J connectivity index is 1.74. The molecule has 1 N–H and O–H groups in total. The van der Waals surface area contributed by atoms with Gasteiger partial charge in [0.2, 0.25) is 5.91 Å². The largest absolute Gasteiger partial charge is 0.339 e. The summed E-state index contributed by atoms with van der Waals surface area (Å²) in [5, 5.41) is 3.05. The molecule has 0 bridgehead atoms. The molecule has 0 saturated carbocycles. The predicted molar refractivity (Wildman–Crippen MR) is 89.8 cm³/mol. The Kier molecular flexibility index (Phi) is 4.21. The Labute approximate surface area is 132 Å². The van der Waals surface area contributed by atoms with Gasteiger partial charge in [0.1, 0.15) is 5.54 Å². The summed E-state index contributed by atoms with van der Waals surface area (Å²) in [6.45, 7) is 7.82. The molecule has 2 heterocycles. The number of hydrogen-bond donors (Lipinski definition) is 1. The monoisotopic (exact) mass is 299 g/mol. The average Bonchev–Trinajstić information content (AvgIpc) is 2.84. The Morgan fingerprint density at radius 1 is 1.23 bits per heavy atom. The zero-order valence-electron chi connectivity index (χ0n) is 13.5. The molecule has 0 unspecified atom stereocenters. The van der Waals surface area contributed by atoms with Crippen LogP contribution in [0.5, 0.6) is 0 Å². The highest BCUT2D eigenvalue weighted by Gasteiger charge is 2.50. The van der Waals surface area contributed by atoms with Gasteiger partial charge in [0.15, 0.2) is 0 Å². The molecule has 1 amide bonds. The van der Waals surface area contributed by atoms with E-state index in [0.29, 0.717) is 6.67 Å². The summed E-state index contributed by atoms with van der Waals surface area (Å²) in [5.74, 6) is 0.193. The molecule has 0 atom stereocenters. The summed E-state index contributed by atoms with van der Waals surface area (Å²) >= 11 is 0. The van der Waals surface area contributed by atoms with Gasteiger partial charge in [0.05, 0.1) is 6.67 Å². The molecule has 2 saturated heterocycles. The molecular formula is C18H25N3O. The molecule has 2 fully saturated rings. The van der Waals surface area contributed by atoms with Crippen molar-refractivity contribution in [3.8, 4) is 0 Å². The van der Waals surface area contributed by atoms with Crippen molar-refractivity contribution in [2.45, 2.75) is 32.2 Å². The van der Waals surface area contributed by atoms with E-state index in [2.05, 4.69) is 47.2 Å². The van der Waals surface area contributed by atoms with Crippen molar-refractivity contribution in [1.29, 1.82) is 0 Å². The maximum Gasteiger partial charge on any atom is 0.247 e. The number of piperidine rings is 1. The number of carbonyl (C=O) groups excluding carboxylic acids is 1. The first-order chi connectivity index (χ1) is 10.6. The third-order valence-electron chi connectivity index (χ3n) is 4.85. The van der Waals surface area contributed by atoms with Crippen molar-refractivity contribution in [1.82, 2.24) is 10.2 Å². The smallest absolute Gasteiger partial charge is 0.247 e. The highest BCUT2D eigenvalue weighted by molar-refractivity contribution is 5.93.